The maximum atomic E-state index is 13.0. The molecule has 0 aliphatic carbocycles. The third-order valence-corrected chi connectivity index (χ3v) is 11.8. The highest BCUT2D eigenvalue weighted by Gasteiger charge is 2.39. The lowest BCUT2D eigenvalue weighted by atomic mass is 10.1. The monoisotopic (exact) mass is 535 g/mol. The van der Waals surface area contributed by atoms with Crippen LogP contribution in [-0.4, -0.2) is 29.0 Å². The van der Waals surface area contributed by atoms with Crippen LogP contribution in [-0.2, 0) is 7.05 Å². The molecule has 0 unspecified atom stereocenters. The van der Waals surface area contributed by atoms with Crippen molar-refractivity contribution in [2.75, 3.05) is 10.6 Å². The first-order valence-electron chi connectivity index (χ1n) is 10.3. The molecule has 0 aliphatic rings. The van der Waals surface area contributed by atoms with Crippen LogP contribution in [0, 0.1) is 13.8 Å². The van der Waals surface area contributed by atoms with Gasteiger partial charge in [-0.25, -0.2) is 4.98 Å². The Morgan fingerprint density at radius 3 is 2.53 bits per heavy atom. The molecule has 1 amide bonds. The zero-order valence-electron chi connectivity index (χ0n) is 19.8. The Labute approximate surface area is 202 Å². The number of rotatable bonds is 6. The van der Waals surface area contributed by atoms with Crippen LogP contribution in [0.5, 0.6) is 5.75 Å². The van der Waals surface area contributed by atoms with Gasteiger partial charge in [-0.2, -0.15) is 5.10 Å². The van der Waals surface area contributed by atoms with E-state index in [9.17, 15) is 4.79 Å². The smallest absolute Gasteiger partial charge is 0.267 e. The Hall–Kier alpha value is -2.17. The van der Waals surface area contributed by atoms with Gasteiger partial charge in [0.2, 0.25) is 8.32 Å². The van der Waals surface area contributed by atoms with E-state index in [2.05, 4.69) is 70.5 Å². The van der Waals surface area contributed by atoms with Gasteiger partial charge in [0.1, 0.15) is 15.2 Å². The molecule has 0 aliphatic heterocycles. The molecule has 32 heavy (non-hydrogen) atoms. The summed E-state index contributed by atoms with van der Waals surface area (Å²) in [5.74, 6) is 1.28. The molecule has 0 atom stereocenters. The summed E-state index contributed by atoms with van der Waals surface area (Å²) in [6.45, 7) is 15.0. The van der Waals surface area contributed by atoms with Crippen LogP contribution in [0.4, 0.5) is 16.6 Å². The molecule has 1 aromatic carbocycles. The predicted octanol–water partition coefficient (Wildman–Crippen LogP) is 6.64. The summed E-state index contributed by atoms with van der Waals surface area (Å²) in [6, 6.07) is 5.84. The van der Waals surface area contributed by atoms with E-state index in [0.717, 1.165) is 27.2 Å². The fraction of sp³-hybridized carbons (Fsp3) is 0.409. The summed E-state index contributed by atoms with van der Waals surface area (Å²) >= 11 is 4.69. The summed E-state index contributed by atoms with van der Waals surface area (Å²) in [5.41, 5.74) is 2.70. The molecule has 2 heterocycles. The van der Waals surface area contributed by atoms with E-state index in [1.807, 2.05) is 39.1 Å². The largest absolute Gasteiger partial charge is 0.543 e. The molecule has 0 spiro atoms. The fourth-order valence-electron chi connectivity index (χ4n) is 2.79. The summed E-state index contributed by atoms with van der Waals surface area (Å²) < 4.78 is 9.07. The quantitative estimate of drug-likeness (QED) is 0.346. The van der Waals surface area contributed by atoms with E-state index in [0.29, 0.717) is 15.8 Å². The predicted molar refractivity (Wildman–Crippen MR) is 138 cm³/mol. The van der Waals surface area contributed by atoms with Crippen LogP contribution in [0.1, 0.15) is 41.6 Å². The fourth-order valence-corrected chi connectivity index (χ4v) is 4.88. The SMILES string of the molecule is Cc1ccc(O[Si](C)(C)C(C)(C)C)c(C)c1NC(=O)c1cnc(Nc2cc(Br)n(C)n2)s1. The second kappa shape index (κ2) is 8.99. The Bertz CT molecular complexity index is 1130. The van der Waals surface area contributed by atoms with Crippen LogP contribution in [0.2, 0.25) is 18.1 Å². The molecule has 0 bridgehead atoms. The third kappa shape index (κ3) is 5.24. The van der Waals surface area contributed by atoms with Gasteiger partial charge in [0.15, 0.2) is 10.9 Å². The van der Waals surface area contributed by atoms with E-state index in [-0.39, 0.29) is 10.9 Å². The molecule has 3 aromatic rings. The Kier molecular flexibility index (Phi) is 6.87. The number of aryl methyl sites for hydroxylation is 2. The average molecular weight is 537 g/mol. The lowest BCUT2D eigenvalue weighted by Crippen LogP contribution is -2.44. The van der Waals surface area contributed by atoms with Crippen molar-refractivity contribution in [3.63, 3.8) is 0 Å². The Balaban J connectivity index is 1.78. The molecule has 172 valence electrons. The molecule has 0 radical (unpaired) electrons. The van der Waals surface area contributed by atoms with Crippen LogP contribution in [0.15, 0.2) is 29.0 Å². The van der Waals surface area contributed by atoms with Gasteiger partial charge in [0.05, 0.1) is 11.9 Å². The van der Waals surface area contributed by atoms with Gasteiger partial charge in [-0.1, -0.05) is 38.2 Å². The van der Waals surface area contributed by atoms with Crippen LogP contribution >= 0.6 is 27.3 Å². The molecule has 7 nitrogen and oxygen atoms in total. The van der Waals surface area contributed by atoms with Crippen LogP contribution in [0.25, 0.3) is 0 Å². The zero-order valence-corrected chi connectivity index (χ0v) is 23.2. The van der Waals surface area contributed by atoms with Gasteiger partial charge < -0.3 is 15.1 Å². The standard InChI is InChI=1S/C22H30BrN5O2SSi/c1-13-9-10-15(30-32(7,8)22(3,4)5)14(2)19(13)26-20(29)16-12-24-21(31-16)25-18-11-17(23)28(6)27-18/h9-12H,1-8H3,(H,26,29)(H,24,25,27). The zero-order chi connectivity index (χ0) is 23.8. The highest BCUT2D eigenvalue weighted by molar-refractivity contribution is 9.10. The van der Waals surface area contributed by atoms with E-state index in [1.165, 1.54) is 11.3 Å². The van der Waals surface area contributed by atoms with Crippen LogP contribution in [0.3, 0.4) is 0 Å². The van der Waals surface area contributed by atoms with Gasteiger partial charge >= 0.3 is 0 Å². The minimum atomic E-state index is -2.00. The maximum Gasteiger partial charge on any atom is 0.267 e. The first-order valence-corrected chi connectivity index (χ1v) is 14.8. The third-order valence-electron chi connectivity index (χ3n) is 5.82. The van der Waals surface area contributed by atoms with E-state index >= 15 is 0 Å². The number of amides is 1. The number of hydrogen-bond acceptors (Lipinski definition) is 6. The molecule has 3 rings (SSSR count). The number of thiazole rings is 1. The highest BCUT2D eigenvalue weighted by atomic mass is 79.9. The second-order valence-corrected chi connectivity index (χ2v) is 15.9. The van der Waals surface area contributed by atoms with E-state index in [1.54, 1.807) is 10.9 Å². The minimum absolute atomic E-state index is 0.0863. The maximum absolute atomic E-state index is 13.0. The number of carbonyl (C=O) groups is 1. The first-order chi connectivity index (χ1) is 14.8. The summed E-state index contributed by atoms with van der Waals surface area (Å²) in [4.78, 5) is 17.8. The number of nitrogens with zero attached hydrogens (tertiary/aromatic N) is 3. The lowest BCUT2D eigenvalue weighted by molar-refractivity contribution is 0.103. The number of anilines is 3. The minimum Gasteiger partial charge on any atom is -0.543 e. The lowest BCUT2D eigenvalue weighted by Gasteiger charge is -2.37. The van der Waals surface area contributed by atoms with Crippen molar-refractivity contribution in [1.82, 2.24) is 14.8 Å². The van der Waals surface area contributed by atoms with Crippen molar-refractivity contribution in [3.05, 3.63) is 45.0 Å². The van der Waals surface area contributed by atoms with Gasteiger partial charge in [-0.05, 0) is 59.5 Å². The van der Waals surface area contributed by atoms with Gasteiger partial charge in [0.25, 0.3) is 5.91 Å². The molecule has 2 N–H and O–H groups in total. The Morgan fingerprint density at radius 1 is 1.25 bits per heavy atom. The molecule has 0 saturated heterocycles. The number of nitrogens with one attached hydrogen (secondary N) is 2. The van der Waals surface area contributed by atoms with Crippen molar-refractivity contribution in [2.45, 2.75) is 52.8 Å². The van der Waals surface area contributed by atoms with Crippen molar-refractivity contribution in [3.8, 4) is 5.75 Å². The topological polar surface area (TPSA) is 81.1 Å². The van der Waals surface area contributed by atoms with Gasteiger partial charge in [-0.3, -0.25) is 9.48 Å². The van der Waals surface area contributed by atoms with E-state index < -0.39 is 8.32 Å². The van der Waals surface area contributed by atoms with Gasteiger partial charge in [0, 0.05) is 18.7 Å². The molecular weight excluding hydrogens is 506 g/mol. The van der Waals surface area contributed by atoms with Crippen molar-refractivity contribution >= 4 is 58.1 Å². The number of hydrogen-bond donors (Lipinski definition) is 2. The van der Waals surface area contributed by atoms with Crippen molar-refractivity contribution < 1.29 is 9.22 Å². The Morgan fingerprint density at radius 2 is 1.94 bits per heavy atom. The normalized spacial score (nSPS) is 12.0. The summed E-state index contributed by atoms with van der Waals surface area (Å²) in [7, 11) is -0.161. The van der Waals surface area contributed by atoms with E-state index in [4.69, 9.17) is 4.43 Å². The summed E-state index contributed by atoms with van der Waals surface area (Å²) in [5, 5.41) is 11.2. The number of benzene rings is 1. The molecule has 0 fully saturated rings. The van der Waals surface area contributed by atoms with Crippen molar-refractivity contribution in [2.24, 2.45) is 7.05 Å². The second-order valence-electron chi connectivity index (χ2n) is 9.33. The summed E-state index contributed by atoms with van der Waals surface area (Å²) in [6.07, 6.45) is 1.57. The first kappa shape index (κ1) is 24.5. The molecule has 10 heteroatoms. The van der Waals surface area contributed by atoms with Crippen molar-refractivity contribution in [1.29, 1.82) is 0 Å². The number of aromatic nitrogens is 3. The number of carbonyl (C=O) groups excluding carboxylic acids is 1. The van der Waals surface area contributed by atoms with Gasteiger partial charge in [-0.15, -0.1) is 0 Å². The molecule has 2 aromatic heterocycles. The number of halogens is 1. The van der Waals surface area contributed by atoms with Crippen LogP contribution < -0.4 is 15.1 Å². The molecule has 0 saturated carbocycles. The highest BCUT2D eigenvalue weighted by Crippen LogP contribution is 2.40. The molecular formula is C22H30BrN5O2SSi. The average Bonchev–Trinajstić information content (AvgIpc) is 3.26.